The third-order valence-corrected chi connectivity index (χ3v) is 3.72. The maximum atomic E-state index is 12.3. The van der Waals surface area contributed by atoms with Crippen LogP contribution in [0.25, 0.3) is 0 Å². The summed E-state index contributed by atoms with van der Waals surface area (Å²) >= 11 is 0. The smallest absolute Gasteiger partial charge is 0.305 e. The molecule has 2 rings (SSSR count). The molecule has 0 bridgehead atoms. The fraction of sp³-hybridized carbons (Fsp3) is 0.833. The third kappa shape index (κ3) is 2.97. The van der Waals surface area contributed by atoms with E-state index in [1.54, 1.807) is 4.90 Å². The molecule has 5 nitrogen and oxygen atoms in total. The number of carboxylic acid groups (broad SMARTS) is 1. The molecule has 17 heavy (non-hydrogen) atoms. The molecule has 0 aromatic heterocycles. The van der Waals surface area contributed by atoms with Gasteiger partial charge >= 0.3 is 5.97 Å². The Hall–Kier alpha value is -1.10. The number of carbonyl (C=O) groups excluding carboxylic acids is 1. The van der Waals surface area contributed by atoms with Gasteiger partial charge in [0.05, 0.1) is 12.3 Å². The predicted octanol–water partition coefficient (Wildman–Crippen LogP) is 0.452. The van der Waals surface area contributed by atoms with Crippen LogP contribution in [0.2, 0.25) is 0 Å². The zero-order valence-electron chi connectivity index (χ0n) is 10.0. The molecule has 96 valence electrons. The van der Waals surface area contributed by atoms with Crippen LogP contribution in [0.4, 0.5) is 0 Å². The van der Waals surface area contributed by atoms with Crippen molar-refractivity contribution in [2.45, 2.75) is 38.1 Å². The van der Waals surface area contributed by atoms with Crippen molar-refractivity contribution in [3.8, 4) is 0 Å². The Morgan fingerprint density at radius 1 is 1.29 bits per heavy atom. The van der Waals surface area contributed by atoms with Gasteiger partial charge in [-0.2, -0.15) is 0 Å². The molecule has 0 aliphatic carbocycles. The van der Waals surface area contributed by atoms with Gasteiger partial charge in [0.2, 0.25) is 5.91 Å². The molecule has 0 radical (unpaired) electrons. The summed E-state index contributed by atoms with van der Waals surface area (Å²) in [5.41, 5.74) is 0. The highest BCUT2D eigenvalue weighted by molar-refractivity contribution is 5.80. The van der Waals surface area contributed by atoms with E-state index >= 15 is 0 Å². The van der Waals surface area contributed by atoms with E-state index < -0.39 is 5.97 Å². The number of likely N-dealkylation sites (tertiary alicyclic amines) is 1. The number of piperidine rings is 1. The number of aliphatic carboxylic acids is 1. The molecule has 2 aliphatic rings. The fourth-order valence-electron chi connectivity index (χ4n) is 2.84. The molecule has 0 spiro atoms. The Labute approximate surface area is 101 Å². The number of hydrogen-bond acceptors (Lipinski definition) is 3. The van der Waals surface area contributed by atoms with Gasteiger partial charge < -0.3 is 15.3 Å². The molecule has 2 N–H and O–H groups in total. The first kappa shape index (κ1) is 12.4. The number of hydrogen-bond donors (Lipinski definition) is 2. The van der Waals surface area contributed by atoms with E-state index in [0.717, 1.165) is 45.3 Å². The number of rotatable bonds is 3. The van der Waals surface area contributed by atoms with Crippen LogP contribution in [-0.2, 0) is 9.59 Å². The van der Waals surface area contributed by atoms with Gasteiger partial charge in [0.1, 0.15) is 0 Å². The molecule has 1 amide bonds. The van der Waals surface area contributed by atoms with E-state index in [2.05, 4.69) is 5.32 Å². The van der Waals surface area contributed by atoms with Gasteiger partial charge in [-0.1, -0.05) is 0 Å². The van der Waals surface area contributed by atoms with Crippen molar-refractivity contribution >= 4 is 11.9 Å². The lowest BCUT2D eigenvalue weighted by Crippen LogP contribution is -2.45. The average Bonchev–Trinajstić information content (AvgIpc) is 2.76. The maximum Gasteiger partial charge on any atom is 0.305 e. The van der Waals surface area contributed by atoms with E-state index in [-0.39, 0.29) is 24.3 Å². The van der Waals surface area contributed by atoms with Crippen molar-refractivity contribution in [2.24, 2.45) is 5.92 Å². The third-order valence-electron chi connectivity index (χ3n) is 3.72. The molecular weight excluding hydrogens is 220 g/mol. The van der Waals surface area contributed by atoms with E-state index in [9.17, 15) is 9.59 Å². The Morgan fingerprint density at radius 3 is 2.76 bits per heavy atom. The molecule has 1 unspecified atom stereocenters. The van der Waals surface area contributed by atoms with Crippen LogP contribution in [0, 0.1) is 5.92 Å². The average molecular weight is 240 g/mol. The summed E-state index contributed by atoms with van der Waals surface area (Å²) in [5, 5.41) is 12.1. The highest BCUT2D eigenvalue weighted by atomic mass is 16.4. The van der Waals surface area contributed by atoms with E-state index in [0.29, 0.717) is 0 Å². The van der Waals surface area contributed by atoms with E-state index in [1.165, 1.54) is 0 Å². The van der Waals surface area contributed by atoms with Crippen LogP contribution in [0.5, 0.6) is 0 Å². The first-order chi connectivity index (χ1) is 8.18. The molecule has 0 saturated carbocycles. The van der Waals surface area contributed by atoms with Gasteiger partial charge in [-0.3, -0.25) is 9.59 Å². The van der Waals surface area contributed by atoms with Gasteiger partial charge in [-0.15, -0.1) is 0 Å². The van der Waals surface area contributed by atoms with Crippen molar-refractivity contribution in [1.82, 2.24) is 10.2 Å². The minimum absolute atomic E-state index is 0.0538. The zero-order chi connectivity index (χ0) is 12.3. The minimum atomic E-state index is -0.809. The van der Waals surface area contributed by atoms with Gasteiger partial charge in [0.15, 0.2) is 0 Å². The summed E-state index contributed by atoms with van der Waals surface area (Å²) in [4.78, 5) is 24.8. The lowest BCUT2D eigenvalue weighted by Gasteiger charge is -2.30. The molecule has 0 aromatic carbocycles. The van der Waals surface area contributed by atoms with Crippen LogP contribution in [-0.4, -0.2) is 47.6 Å². The van der Waals surface area contributed by atoms with Crippen LogP contribution in [0.1, 0.15) is 32.1 Å². The Balaban J connectivity index is 1.94. The van der Waals surface area contributed by atoms with Crippen molar-refractivity contribution in [1.29, 1.82) is 0 Å². The second-order valence-corrected chi connectivity index (χ2v) is 4.97. The van der Waals surface area contributed by atoms with Crippen LogP contribution in [0.3, 0.4) is 0 Å². The topological polar surface area (TPSA) is 69.6 Å². The summed E-state index contributed by atoms with van der Waals surface area (Å²) in [6.07, 6.45) is 3.82. The number of carboxylic acids is 1. The number of nitrogens with zero attached hydrogens (tertiary/aromatic N) is 1. The van der Waals surface area contributed by atoms with Crippen molar-refractivity contribution in [2.75, 3.05) is 19.6 Å². The molecule has 0 aromatic rings. The molecule has 2 saturated heterocycles. The maximum absolute atomic E-state index is 12.3. The van der Waals surface area contributed by atoms with Gasteiger partial charge in [-0.05, 0) is 32.2 Å². The van der Waals surface area contributed by atoms with Crippen molar-refractivity contribution in [3.05, 3.63) is 0 Å². The Kier molecular flexibility index (Phi) is 3.99. The highest BCUT2D eigenvalue weighted by Gasteiger charge is 2.34. The van der Waals surface area contributed by atoms with Crippen LogP contribution < -0.4 is 5.32 Å². The van der Waals surface area contributed by atoms with Crippen molar-refractivity contribution in [3.63, 3.8) is 0 Å². The standard InChI is InChI=1S/C12H20N2O3/c15-11(16)7-10-4-2-6-14(10)12(17)9-3-1-5-13-8-9/h9-10,13H,1-8H2,(H,15,16)/t9-,10?/m0/s1. The first-order valence-electron chi connectivity index (χ1n) is 6.41. The van der Waals surface area contributed by atoms with E-state index in [4.69, 9.17) is 5.11 Å². The van der Waals surface area contributed by atoms with Gasteiger partial charge in [-0.25, -0.2) is 0 Å². The largest absolute Gasteiger partial charge is 0.481 e. The van der Waals surface area contributed by atoms with E-state index in [1.807, 2.05) is 0 Å². The minimum Gasteiger partial charge on any atom is -0.481 e. The SMILES string of the molecule is O=C(O)CC1CCCN1C(=O)[C@H]1CCCNC1. The second-order valence-electron chi connectivity index (χ2n) is 4.97. The Morgan fingerprint density at radius 2 is 2.12 bits per heavy atom. The molecule has 2 fully saturated rings. The summed E-state index contributed by atoms with van der Waals surface area (Å²) < 4.78 is 0. The van der Waals surface area contributed by atoms with Gasteiger partial charge in [0, 0.05) is 19.1 Å². The molecule has 5 heteroatoms. The first-order valence-corrected chi connectivity index (χ1v) is 6.41. The molecule has 2 atom stereocenters. The number of carbonyl (C=O) groups is 2. The number of amides is 1. The molecule has 2 heterocycles. The second kappa shape index (κ2) is 5.49. The summed E-state index contributed by atoms with van der Waals surface area (Å²) in [6, 6.07) is -0.0815. The number of nitrogens with one attached hydrogen (secondary N) is 1. The normalized spacial score (nSPS) is 29.3. The molecular formula is C12H20N2O3. The monoisotopic (exact) mass is 240 g/mol. The zero-order valence-corrected chi connectivity index (χ0v) is 10.0. The van der Waals surface area contributed by atoms with Crippen LogP contribution >= 0.6 is 0 Å². The van der Waals surface area contributed by atoms with Gasteiger partial charge in [0.25, 0.3) is 0 Å². The quantitative estimate of drug-likeness (QED) is 0.751. The lowest BCUT2D eigenvalue weighted by molar-refractivity contribution is -0.141. The highest BCUT2D eigenvalue weighted by Crippen LogP contribution is 2.24. The lowest BCUT2D eigenvalue weighted by atomic mass is 9.97. The fourth-order valence-corrected chi connectivity index (χ4v) is 2.84. The summed E-state index contributed by atoms with van der Waals surface area (Å²) in [6.45, 7) is 2.46. The van der Waals surface area contributed by atoms with Crippen molar-refractivity contribution < 1.29 is 14.7 Å². The Bertz CT molecular complexity index is 300. The summed E-state index contributed by atoms with van der Waals surface area (Å²) in [5.74, 6) is -0.601. The molecule has 2 aliphatic heterocycles. The van der Waals surface area contributed by atoms with Crippen LogP contribution in [0.15, 0.2) is 0 Å². The summed E-state index contributed by atoms with van der Waals surface area (Å²) in [7, 11) is 0. The predicted molar refractivity (Wildman–Crippen MR) is 62.6 cm³/mol.